The SMILES string of the molecule is C=C(C)C(CC/C(=C\C)CCCCC)N(CCCN(C)C)CCCN(C)C. The Bertz CT molecular complexity index is 384. The van der Waals surface area contributed by atoms with Crippen LogP contribution in [0.5, 0.6) is 0 Å². The molecule has 0 aromatic rings. The minimum absolute atomic E-state index is 0.510. The molecule has 3 nitrogen and oxygen atoms in total. The lowest BCUT2D eigenvalue weighted by molar-refractivity contribution is 0.191. The summed E-state index contributed by atoms with van der Waals surface area (Å²) in [6.07, 6.45) is 12.5. The highest BCUT2D eigenvalue weighted by atomic mass is 15.2. The molecule has 1 unspecified atom stereocenters. The largest absolute Gasteiger partial charge is 0.309 e. The van der Waals surface area contributed by atoms with Gasteiger partial charge in [-0.3, -0.25) is 4.90 Å². The van der Waals surface area contributed by atoms with Crippen LogP contribution in [0.2, 0.25) is 0 Å². The minimum atomic E-state index is 0.510. The Morgan fingerprint density at radius 1 is 0.852 bits per heavy atom. The summed E-state index contributed by atoms with van der Waals surface area (Å²) < 4.78 is 0. The van der Waals surface area contributed by atoms with E-state index in [2.05, 4.69) is 76.3 Å². The molecule has 0 rings (SSSR count). The molecule has 0 aromatic carbocycles. The molecular formula is C24H49N3. The number of hydrogen-bond donors (Lipinski definition) is 0. The zero-order chi connectivity index (χ0) is 20.7. The smallest absolute Gasteiger partial charge is 0.0305 e. The predicted octanol–water partition coefficient (Wildman–Crippen LogP) is 5.44. The van der Waals surface area contributed by atoms with Crippen LogP contribution in [0, 0.1) is 0 Å². The van der Waals surface area contributed by atoms with E-state index in [0.717, 1.165) is 13.1 Å². The predicted molar refractivity (Wildman–Crippen MR) is 124 cm³/mol. The van der Waals surface area contributed by atoms with Gasteiger partial charge in [-0.05, 0) is 107 Å². The number of allylic oxidation sites excluding steroid dienone is 2. The van der Waals surface area contributed by atoms with Crippen molar-refractivity contribution in [1.82, 2.24) is 14.7 Å². The van der Waals surface area contributed by atoms with Gasteiger partial charge in [0.05, 0.1) is 0 Å². The summed E-state index contributed by atoms with van der Waals surface area (Å²) in [5, 5.41) is 0. The summed E-state index contributed by atoms with van der Waals surface area (Å²) in [7, 11) is 8.67. The second-order valence-electron chi connectivity index (χ2n) is 8.65. The molecule has 0 saturated carbocycles. The first-order valence-corrected chi connectivity index (χ1v) is 11.1. The van der Waals surface area contributed by atoms with Gasteiger partial charge in [-0.1, -0.05) is 43.6 Å². The Morgan fingerprint density at radius 3 is 1.81 bits per heavy atom. The Kier molecular flexibility index (Phi) is 15.9. The van der Waals surface area contributed by atoms with E-state index in [1.807, 2.05) is 0 Å². The quantitative estimate of drug-likeness (QED) is 0.246. The molecule has 3 heteroatoms. The van der Waals surface area contributed by atoms with Crippen LogP contribution in [0.15, 0.2) is 23.8 Å². The summed E-state index contributed by atoms with van der Waals surface area (Å²) in [5.74, 6) is 0. The van der Waals surface area contributed by atoms with Crippen LogP contribution in [0.25, 0.3) is 0 Å². The molecule has 0 fully saturated rings. The Balaban J connectivity index is 4.82. The van der Waals surface area contributed by atoms with Crippen molar-refractivity contribution in [2.45, 2.75) is 78.2 Å². The van der Waals surface area contributed by atoms with Crippen molar-refractivity contribution >= 4 is 0 Å². The molecule has 160 valence electrons. The molecule has 0 aliphatic rings. The minimum Gasteiger partial charge on any atom is -0.309 e. The summed E-state index contributed by atoms with van der Waals surface area (Å²) in [6, 6.07) is 0.510. The van der Waals surface area contributed by atoms with E-state index in [-0.39, 0.29) is 0 Å². The van der Waals surface area contributed by atoms with Crippen molar-refractivity contribution in [2.75, 3.05) is 54.4 Å². The summed E-state index contributed by atoms with van der Waals surface area (Å²) in [6.45, 7) is 15.7. The number of rotatable bonds is 17. The normalized spacial score (nSPS) is 13.8. The molecule has 0 aromatic heterocycles. The third kappa shape index (κ3) is 14.1. The van der Waals surface area contributed by atoms with Gasteiger partial charge >= 0.3 is 0 Å². The fraction of sp³-hybridized carbons (Fsp3) is 0.833. The van der Waals surface area contributed by atoms with E-state index in [0.29, 0.717) is 6.04 Å². The van der Waals surface area contributed by atoms with E-state index >= 15 is 0 Å². The van der Waals surface area contributed by atoms with E-state index in [1.54, 1.807) is 5.57 Å². The lowest BCUT2D eigenvalue weighted by Crippen LogP contribution is -2.39. The zero-order valence-corrected chi connectivity index (χ0v) is 19.7. The highest BCUT2D eigenvalue weighted by Crippen LogP contribution is 2.22. The third-order valence-electron chi connectivity index (χ3n) is 5.36. The van der Waals surface area contributed by atoms with E-state index in [4.69, 9.17) is 0 Å². The van der Waals surface area contributed by atoms with E-state index in [9.17, 15) is 0 Å². The van der Waals surface area contributed by atoms with Gasteiger partial charge < -0.3 is 9.80 Å². The van der Waals surface area contributed by atoms with Gasteiger partial charge in [0.2, 0.25) is 0 Å². The molecule has 27 heavy (non-hydrogen) atoms. The molecule has 0 aliphatic carbocycles. The van der Waals surface area contributed by atoms with Gasteiger partial charge in [0.1, 0.15) is 0 Å². The Morgan fingerprint density at radius 2 is 1.41 bits per heavy atom. The van der Waals surface area contributed by atoms with Crippen molar-refractivity contribution in [1.29, 1.82) is 0 Å². The highest BCUT2D eigenvalue weighted by Gasteiger charge is 2.19. The lowest BCUT2D eigenvalue weighted by atomic mass is 9.96. The molecule has 0 radical (unpaired) electrons. The molecule has 0 N–H and O–H groups in total. The van der Waals surface area contributed by atoms with Gasteiger partial charge in [-0.15, -0.1) is 0 Å². The Hall–Kier alpha value is -0.640. The summed E-state index contributed by atoms with van der Waals surface area (Å²) in [5.41, 5.74) is 2.96. The zero-order valence-electron chi connectivity index (χ0n) is 19.7. The van der Waals surface area contributed by atoms with Crippen LogP contribution >= 0.6 is 0 Å². The summed E-state index contributed by atoms with van der Waals surface area (Å²) >= 11 is 0. The van der Waals surface area contributed by atoms with Crippen LogP contribution in [-0.4, -0.2) is 75.1 Å². The first-order chi connectivity index (χ1) is 12.8. The molecule has 0 spiro atoms. The highest BCUT2D eigenvalue weighted by molar-refractivity contribution is 5.07. The van der Waals surface area contributed by atoms with E-state index < -0.39 is 0 Å². The number of unbranched alkanes of at least 4 members (excludes halogenated alkanes) is 2. The van der Waals surface area contributed by atoms with Crippen molar-refractivity contribution in [2.24, 2.45) is 0 Å². The van der Waals surface area contributed by atoms with Crippen molar-refractivity contribution in [3.63, 3.8) is 0 Å². The average Bonchev–Trinajstić information content (AvgIpc) is 2.59. The third-order valence-corrected chi connectivity index (χ3v) is 5.36. The molecule has 0 saturated heterocycles. The first kappa shape index (κ1) is 26.4. The van der Waals surface area contributed by atoms with Crippen molar-refractivity contribution in [3.05, 3.63) is 23.8 Å². The number of nitrogens with zero attached hydrogens (tertiary/aromatic N) is 3. The molecular weight excluding hydrogens is 330 g/mol. The number of hydrogen-bond acceptors (Lipinski definition) is 3. The van der Waals surface area contributed by atoms with Crippen molar-refractivity contribution < 1.29 is 0 Å². The second-order valence-corrected chi connectivity index (χ2v) is 8.65. The van der Waals surface area contributed by atoms with Crippen LogP contribution in [0.4, 0.5) is 0 Å². The molecule has 0 heterocycles. The van der Waals surface area contributed by atoms with Gasteiger partial charge in [0, 0.05) is 6.04 Å². The van der Waals surface area contributed by atoms with Gasteiger partial charge in [0.15, 0.2) is 0 Å². The topological polar surface area (TPSA) is 9.72 Å². The van der Waals surface area contributed by atoms with Crippen LogP contribution in [-0.2, 0) is 0 Å². The summed E-state index contributed by atoms with van der Waals surface area (Å²) in [4.78, 5) is 7.29. The lowest BCUT2D eigenvalue weighted by Gasteiger charge is -2.33. The molecule has 0 aliphatic heterocycles. The second kappa shape index (κ2) is 16.3. The van der Waals surface area contributed by atoms with Crippen LogP contribution in [0.3, 0.4) is 0 Å². The fourth-order valence-corrected chi connectivity index (χ4v) is 3.68. The van der Waals surface area contributed by atoms with E-state index in [1.165, 1.54) is 70.0 Å². The average molecular weight is 380 g/mol. The standard InChI is InChI=1S/C24H49N3/c1-9-11-12-15-23(10-2)16-17-24(22(3)4)27(20-13-18-25(5)6)21-14-19-26(7)8/h10,24H,3,9,11-21H2,1-2,4-8H3/b23-10-. The van der Waals surface area contributed by atoms with Gasteiger partial charge in [-0.25, -0.2) is 0 Å². The molecule has 0 bridgehead atoms. The van der Waals surface area contributed by atoms with Crippen LogP contribution in [0.1, 0.15) is 72.1 Å². The Labute approximate surface area is 171 Å². The maximum atomic E-state index is 4.36. The van der Waals surface area contributed by atoms with Gasteiger partial charge in [-0.2, -0.15) is 0 Å². The van der Waals surface area contributed by atoms with Gasteiger partial charge in [0.25, 0.3) is 0 Å². The van der Waals surface area contributed by atoms with Crippen LogP contribution < -0.4 is 0 Å². The maximum Gasteiger partial charge on any atom is 0.0305 e. The monoisotopic (exact) mass is 379 g/mol. The molecule has 0 amide bonds. The maximum absolute atomic E-state index is 4.36. The van der Waals surface area contributed by atoms with Crippen molar-refractivity contribution in [3.8, 4) is 0 Å². The fourth-order valence-electron chi connectivity index (χ4n) is 3.68. The first-order valence-electron chi connectivity index (χ1n) is 11.1. The molecule has 1 atom stereocenters.